The minimum Gasteiger partial charge on any atom is -0.365 e. The fourth-order valence-corrected chi connectivity index (χ4v) is 5.53. The van der Waals surface area contributed by atoms with E-state index in [1.54, 1.807) is 11.1 Å². The van der Waals surface area contributed by atoms with E-state index >= 15 is 0 Å². The Morgan fingerprint density at radius 2 is 1.85 bits per heavy atom. The number of primary amides is 1. The van der Waals surface area contributed by atoms with E-state index in [9.17, 15) is 9.59 Å². The topological polar surface area (TPSA) is 108 Å². The number of carbonyl (C=O) groups is 2. The van der Waals surface area contributed by atoms with E-state index in [0.29, 0.717) is 17.2 Å². The normalized spacial score (nSPS) is 26.6. The van der Waals surface area contributed by atoms with E-state index in [2.05, 4.69) is 36.0 Å². The zero-order chi connectivity index (χ0) is 23.8. The van der Waals surface area contributed by atoms with Crippen molar-refractivity contribution in [1.82, 2.24) is 19.8 Å². The number of anilines is 2. The third-order valence-corrected chi connectivity index (χ3v) is 7.70. The molecule has 0 bridgehead atoms. The number of hydrogen-bond donors (Lipinski definition) is 2. The molecule has 3 amide bonds. The summed E-state index contributed by atoms with van der Waals surface area (Å²) in [7, 11) is 1.85. The third-order valence-electron chi connectivity index (χ3n) is 7.70. The highest BCUT2D eigenvalue weighted by atomic mass is 16.2. The van der Waals surface area contributed by atoms with Crippen molar-refractivity contribution in [2.45, 2.75) is 71.4 Å². The lowest BCUT2D eigenvalue weighted by Crippen LogP contribution is -2.49. The maximum Gasteiger partial charge on any atom is 0.320 e. The number of nitrogens with one attached hydrogen (secondary N) is 1. The van der Waals surface area contributed by atoms with Crippen LogP contribution in [0.15, 0.2) is 6.20 Å². The average molecular weight is 458 g/mol. The molecule has 1 aliphatic carbocycles. The molecule has 2 saturated heterocycles. The molecule has 3 aliphatic rings. The number of rotatable bonds is 5. The smallest absolute Gasteiger partial charge is 0.320 e. The van der Waals surface area contributed by atoms with Crippen LogP contribution in [0.25, 0.3) is 0 Å². The van der Waals surface area contributed by atoms with Crippen LogP contribution < -0.4 is 16.0 Å². The van der Waals surface area contributed by atoms with Crippen LogP contribution in [0.4, 0.5) is 16.4 Å². The molecule has 0 spiro atoms. The summed E-state index contributed by atoms with van der Waals surface area (Å²) >= 11 is 0. The summed E-state index contributed by atoms with van der Waals surface area (Å²) in [5, 5.41) is 3.49. The Balaban J connectivity index is 1.47. The predicted octanol–water partition coefficient (Wildman–Crippen LogP) is 2.93. The second kappa shape index (κ2) is 9.35. The number of amides is 3. The summed E-state index contributed by atoms with van der Waals surface area (Å²) in [5.41, 5.74) is 6.13. The first-order valence-corrected chi connectivity index (χ1v) is 12.3. The van der Waals surface area contributed by atoms with Crippen molar-refractivity contribution in [3.63, 3.8) is 0 Å². The molecular formula is C24H39N7O2. The maximum absolute atomic E-state index is 12.5. The number of urea groups is 1. The minimum atomic E-state index is -0.567. The van der Waals surface area contributed by atoms with Crippen LogP contribution in [0, 0.1) is 11.3 Å². The molecule has 33 heavy (non-hydrogen) atoms. The lowest BCUT2D eigenvalue weighted by Gasteiger charge is -2.38. The Kier molecular flexibility index (Phi) is 6.68. The third kappa shape index (κ3) is 5.17. The molecule has 0 aromatic carbocycles. The van der Waals surface area contributed by atoms with Crippen molar-refractivity contribution in [1.29, 1.82) is 0 Å². The number of likely N-dealkylation sites (N-methyl/N-ethyl adjacent to an activating group) is 1. The van der Waals surface area contributed by atoms with Gasteiger partial charge in [0.05, 0.1) is 12.2 Å². The first-order chi connectivity index (χ1) is 15.6. The summed E-state index contributed by atoms with van der Waals surface area (Å²) in [5.74, 6) is 1.36. The van der Waals surface area contributed by atoms with Gasteiger partial charge in [0.15, 0.2) is 11.5 Å². The maximum atomic E-state index is 12.5. The zero-order valence-electron chi connectivity index (χ0n) is 20.5. The molecule has 2 aliphatic heterocycles. The number of hydrogen-bond acceptors (Lipinski definition) is 6. The van der Waals surface area contributed by atoms with E-state index in [1.807, 2.05) is 11.9 Å². The molecular weight excluding hydrogens is 418 g/mol. The van der Waals surface area contributed by atoms with Crippen LogP contribution >= 0.6 is 0 Å². The SMILES string of the molecule is CN1CCN(C2CCCN(c3cnc(C(N)=O)c(NC4CCC(C(C)(C)C)CC4)n3)C2)C1=O. The molecule has 0 radical (unpaired) electrons. The van der Waals surface area contributed by atoms with Gasteiger partial charge in [0.25, 0.3) is 5.91 Å². The molecule has 182 valence electrons. The number of nitrogens with two attached hydrogens (primary N) is 1. The lowest BCUT2D eigenvalue weighted by atomic mass is 9.71. The van der Waals surface area contributed by atoms with Gasteiger partial charge in [-0.3, -0.25) is 4.79 Å². The van der Waals surface area contributed by atoms with Crippen molar-refractivity contribution in [3.05, 3.63) is 11.9 Å². The number of carbonyl (C=O) groups excluding carboxylic acids is 2. The molecule has 1 atom stereocenters. The Bertz CT molecular complexity index is 876. The summed E-state index contributed by atoms with van der Waals surface area (Å²) in [6, 6.07) is 0.529. The molecule has 1 aromatic heterocycles. The molecule has 3 heterocycles. The van der Waals surface area contributed by atoms with Gasteiger partial charge in [-0.15, -0.1) is 0 Å². The molecule has 1 saturated carbocycles. The van der Waals surface area contributed by atoms with Gasteiger partial charge in [-0.2, -0.15) is 0 Å². The van der Waals surface area contributed by atoms with Crippen molar-refractivity contribution < 1.29 is 9.59 Å². The molecule has 1 unspecified atom stereocenters. The quantitative estimate of drug-likeness (QED) is 0.704. The van der Waals surface area contributed by atoms with Crippen LogP contribution in [0.1, 0.15) is 69.8 Å². The first-order valence-electron chi connectivity index (χ1n) is 12.3. The highest BCUT2D eigenvalue weighted by Gasteiger charge is 2.35. The largest absolute Gasteiger partial charge is 0.365 e. The molecule has 4 rings (SSSR count). The average Bonchev–Trinajstić information content (AvgIpc) is 3.11. The van der Waals surface area contributed by atoms with E-state index in [4.69, 9.17) is 10.7 Å². The Morgan fingerprint density at radius 3 is 2.45 bits per heavy atom. The van der Waals surface area contributed by atoms with Gasteiger partial charge in [-0.1, -0.05) is 20.8 Å². The monoisotopic (exact) mass is 457 g/mol. The van der Waals surface area contributed by atoms with E-state index in [1.165, 1.54) is 0 Å². The molecule has 1 aromatic rings. The van der Waals surface area contributed by atoms with E-state index in [0.717, 1.165) is 70.5 Å². The van der Waals surface area contributed by atoms with E-state index in [-0.39, 0.29) is 23.8 Å². The fraction of sp³-hybridized carbons (Fsp3) is 0.750. The van der Waals surface area contributed by atoms with Gasteiger partial charge >= 0.3 is 6.03 Å². The molecule has 9 heteroatoms. The van der Waals surface area contributed by atoms with Crippen LogP contribution in [0.2, 0.25) is 0 Å². The fourth-order valence-electron chi connectivity index (χ4n) is 5.53. The van der Waals surface area contributed by atoms with Crippen molar-refractivity contribution in [2.75, 3.05) is 43.4 Å². The van der Waals surface area contributed by atoms with Gasteiger partial charge in [-0.05, 0) is 49.9 Å². The molecule has 3 N–H and O–H groups in total. The van der Waals surface area contributed by atoms with Crippen LogP contribution in [-0.2, 0) is 0 Å². The summed E-state index contributed by atoms with van der Waals surface area (Å²) in [6.45, 7) is 10.1. The minimum absolute atomic E-state index is 0.102. The van der Waals surface area contributed by atoms with Crippen LogP contribution in [-0.4, -0.2) is 77.0 Å². The highest BCUT2D eigenvalue weighted by Crippen LogP contribution is 2.38. The van der Waals surface area contributed by atoms with Crippen molar-refractivity contribution in [3.8, 4) is 0 Å². The zero-order valence-corrected chi connectivity index (χ0v) is 20.5. The Hall–Kier alpha value is -2.58. The molecule has 3 fully saturated rings. The first kappa shape index (κ1) is 23.6. The highest BCUT2D eigenvalue weighted by molar-refractivity contribution is 5.95. The predicted molar refractivity (Wildman–Crippen MR) is 129 cm³/mol. The van der Waals surface area contributed by atoms with Crippen LogP contribution in [0.5, 0.6) is 0 Å². The van der Waals surface area contributed by atoms with Gasteiger partial charge in [0, 0.05) is 39.3 Å². The second-order valence-electron chi connectivity index (χ2n) is 11.0. The van der Waals surface area contributed by atoms with Crippen molar-refractivity contribution >= 4 is 23.6 Å². The number of aromatic nitrogens is 2. The second-order valence-corrected chi connectivity index (χ2v) is 11.0. The standard InChI is InChI=1S/C24H39N7O2/c1-24(2,3)16-7-9-17(10-8-16)27-22-20(21(25)32)26-14-19(28-22)30-11-5-6-18(15-30)31-13-12-29(4)23(31)33/h14,16-18H,5-13,15H2,1-4H3,(H2,25,32)(H,27,28). The number of piperidine rings is 1. The lowest BCUT2D eigenvalue weighted by molar-refractivity contribution is 0.0996. The summed E-state index contributed by atoms with van der Waals surface area (Å²) < 4.78 is 0. The van der Waals surface area contributed by atoms with Crippen LogP contribution in [0.3, 0.4) is 0 Å². The Labute approximate surface area is 197 Å². The van der Waals surface area contributed by atoms with Crippen molar-refractivity contribution in [2.24, 2.45) is 17.1 Å². The summed E-state index contributed by atoms with van der Waals surface area (Å²) in [4.78, 5) is 39.7. The number of nitrogens with zero attached hydrogens (tertiary/aromatic N) is 5. The van der Waals surface area contributed by atoms with Gasteiger partial charge in [-0.25, -0.2) is 14.8 Å². The van der Waals surface area contributed by atoms with E-state index < -0.39 is 5.91 Å². The van der Waals surface area contributed by atoms with Gasteiger partial charge < -0.3 is 25.8 Å². The van der Waals surface area contributed by atoms with Gasteiger partial charge in [0.1, 0.15) is 5.82 Å². The Morgan fingerprint density at radius 1 is 1.12 bits per heavy atom. The summed E-state index contributed by atoms with van der Waals surface area (Å²) in [6.07, 6.45) is 8.02. The van der Waals surface area contributed by atoms with Gasteiger partial charge in [0.2, 0.25) is 0 Å². The molecule has 9 nitrogen and oxygen atoms in total.